The van der Waals surface area contributed by atoms with Crippen molar-refractivity contribution in [3.63, 3.8) is 0 Å². The maximum absolute atomic E-state index is 11.9. The van der Waals surface area contributed by atoms with E-state index in [1.165, 1.54) is 18.4 Å². The summed E-state index contributed by atoms with van der Waals surface area (Å²) in [6.45, 7) is 2.44. The van der Waals surface area contributed by atoms with Gasteiger partial charge in [0, 0.05) is 17.8 Å². The molecule has 0 fully saturated rings. The van der Waals surface area contributed by atoms with Crippen LogP contribution < -0.4 is 10.2 Å². The van der Waals surface area contributed by atoms with Gasteiger partial charge in [-0.15, -0.1) is 0 Å². The molecular weight excluding hydrogens is 322 g/mol. The van der Waals surface area contributed by atoms with Crippen molar-refractivity contribution >= 4 is 23.9 Å². The summed E-state index contributed by atoms with van der Waals surface area (Å²) in [5, 5.41) is 14.7. The Morgan fingerprint density at radius 1 is 1.24 bits per heavy atom. The first-order valence-electron chi connectivity index (χ1n) is 7.58. The van der Waals surface area contributed by atoms with E-state index in [4.69, 9.17) is 4.74 Å². The van der Waals surface area contributed by atoms with E-state index in [-0.39, 0.29) is 11.6 Å². The Kier molecular flexibility index (Phi) is 6.41. The van der Waals surface area contributed by atoms with E-state index >= 15 is 0 Å². The number of nitro benzene ring substituents is 1. The molecule has 0 saturated carbocycles. The van der Waals surface area contributed by atoms with Crippen LogP contribution in [0, 0.1) is 10.1 Å². The molecule has 1 amide bonds. The minimum absolute atomic E-state index is 0.00516. The highest BCUT2D eigenvalue weighted by molar-refractivity contribution is 5.94. The second kappa shape index (κ2) is 8.97. The van der Waals surface area contributed by atoms with E-state index in [9.17, 15) is 14.9 Å². The number of nitrogens with zero attached hydrogens (tertiary/aromatic N) is 2. The fourth-order valence-corrected chi connectivity index (χ4v) is 2.01. The molecule has 1 N–H and O–H groups in total. The predicted molar refractivity (Wildman–Crippen MR) is 95.7 cm³/mol. The summed E-state index contributed by atoms with van der Waals surface area (Å²) >= 11 is 0. The van der Waals surface area contributed by atoms with Gasteiger partial charge in [0.2, 0.25) is 0 Å². The number of rotatable bonds is 7. The first-order valence-corrected chi connectivity index (χ1v) is 7.58. The lowest BCUT2D eigenvalue weighted by Gasteiger charge is -2.03. The van der Waals surface area contributed by atoms with Gasteiger partial charge in [-0.05, 0) is 49.4 Å². The zero-order valence-electron chi connectivity index (χ0n) is 13.6. The van der Waals surface area contributed by atoms with Crippen LogP contribution in [0.25, 0.3) is 6.08 Å². The van der Waals surface area contributed by atoms with Gasteiger partial charge in [-0.1, -0.05) is 12.1 Å². The second-order valence-corrected chi connectivity index (χ2v) is 4.85. The average molecular weight is 339 g/mol. The predicted octanol–water partition coefficient (Wildman–Crippen LogP) is 3.42. The molecular formula is C18H17N3O4. The Labute approximate surface area is 144 Å². The lowest BCUT2D eigenvalue weighted by molar-refractivity contribution is -0.385. The molecule has 0 saturated heterocycles. The number of amides is 1. The van der Waals surface area contributed by atoms with Crippen LogP contribution in [0.5, 0.6) is 5.75 Å². The van der Waals surface area contributed by atoms with Crippen molar-refractivity contribution in [1.82, 2.24) is 5.43 Å². The number of hydrogen-bond acceptors (Lipinski definition) is 5. The molecule has 0 bridgehead atoms. The summed E-state index contributed by atoms with van der Waals surface area (Å²) in [5.41, 5.74) is 3.29. The second-order valence-electron chi connectivity index (χ2n) is 4.85. The molecule has 7 nitrogen and oxygen atoms in total. The molecule has 0 aromatic heterocycles. The lowest BCUT2D eigenvalue weighted by Crippen LogP contribution is -2.17. The van der Waals surface area contributed by atoms with E-state index in [1.807, 2.05) is 6.92 Å². The van der Waals surface area contributed by atoms with Gasteiger partial charge < -0.3 is 4.74 Å². The topological polar surface area (TPSA) is 93.8 Å². The van der Waals surface area contributed by atoms with E-state index in [1.54, 1.807) is 48.5 Å². The molecule has 2 aromatic rings. The highest BCUT2D eigenvalue weighted by Gasteiger charge is 2.08. The van der Waals surface area contributed by atoms with Crippen molar-refractivity contribution in [1.29, 1.82) is 0 Å². The molecule has 2 aromatic carbocycles. The molecule has 0 spiro atoms. The van der Waals surface area contributed by atoms with Crippen LogP contribution in [0.2, 0.25) is 0 Å². The van der Waals surface area contributed by atoms with Gasteiger partial charge in [0.1, 0.15) is 5.75 Å². The van der Waals surface area contributed by atoms with E-state index in [0.717, 1.165) is 0 Å². The van der Waals surface area contributed by atoms with Crippen molar-refractivity contribution in [2.75, 3.05) is 6.61 Å². The van der Waals surface area contributed by atoms with Crippen LogP contribution in [0.4, 0.5) is 5.69 Å². The first-order chi connectivity index (χ1) is 12.1. The number of nitro groups is 1. The summed E-state index contributed by atoms with van der Waals surface area (Å²) < 4.78 is 5.30. The highest BCUT2D eigenvalue weighted by Crippen LogP contribution is 2.18. The molecule has 2 rings (SSSR count). The molecule has 7 heteroatoms. The van der Waals surface area contributed by atoms with Gasteiger partial charge in [0.05, 0.1) is 17.1 Å². The van der Waals surface area contributed by atoms with Gasteiger partial charge in [0.15, 0.2) is 0 Å². The van der Waals surface area contributed by atoms with Gasteiger partial charge in [-0.25, -0.2) is 5.43 Å². The molecule has 0 aliphatic rings. The first kappa shape index (κ1) is 17.9. The van der Waals surface area contributed by atoms with E-state index in [2.05, 4.69) is 10.5 Å². The van der Waals surface area contributed by atoms with Crippen LogP contribution >= 0.6 is 0 Å². The Hall–Kier alpha value is -3.48. The van der Waals surface area contributed by atoms with Gasteiger partial charge in [0.25, 0.3) is 11.6 Å². The van der Waals surface area contributed by atoms with Crippen LogP contribution in [0.1, 0.15) is 22.8 Å². The zero-order valence-corrected chi connectivity index (χ0v) is 13.6. The zero-order chi connectivity index (χ0) is 18.1. The summed E-state index contributed by atoms with van der Waals surface area (Å²) in [4.78, 5) is 22.4. The number of hydrogen-bond donors (Lipinski definition) is 1. The fourth-order valence-electron chi connectivity index (χ4n) is 2.01. The SMILES string of the molecule is CCOc1ccc(C(=O)N/N=C\C=C\c2ccccc2[N+](=O)[O-])cc1. The Bertz CT molecular complexity index is 798. The summed E-state index contributed by atoms with van der Waals surface area (Å²) in [6.07, 6.45) is 4.41. The highest BCUT2D eigenvalue weighted by atomic mass is 16.6. The molecule has 0 heterocycles. The molecule has 0 aliphatic heterocycles. The maximum atomic E-state index is 11.9. The summed E-state index contributed by atoms with van der Waals surface area (Å²) in [6, 6.07) is 13.0. The van der Waals surface area contributed by atoms with Crippen LogP contribution in [0.15, 0.2) is 59.7 Å². The van der Waals surface area contributed by atoms with Crippen LogP contribution in [-0.4, -0.2) is 23.7 Å². The monoisotopic (exact) mass is 339 g/mol. The maximum Gasteiger partial charge on any atom is 0.276 e. The smallest absolute Gasteiger partial charge is 0.276 e. The molecule has 0 unspecified atom stereocenters. The normalized spacial score (nSPS) is 10.9. The van der Waals surface area contributed by atoms with Gasteiger partial charge in [-0.2, -0.15) is 5.10 Å². The van der Waals surface area contributed by atoms with Crippen molar-refractivity contribution in [2.45, 2.75) is 6.92 Å². The third kappa shape index (κ3) is 5.28. The minimum Gasteiger partial charge on any atom is -0.494 e. The Morgan fingerprint density at radius 3 is 2.64 bits per heavy atom. The van der Waals surface area contributed by atoms with Gasteiger partial charge in [-0.3, -0.25) is 14.9 Å². The molecule has 0 atom stereocenters. The quantitative estimate of drug-likeness (QED) is 0.475. The summed E-state index contributed by atoms with van der Waals surface area (Å²) in [5.74, 6) is 0.327. The number of hydrazone groups is 1. The van der Waals surface area contributed by atoms with Crippen molar-refractivity contribution in [2.24, 2.45) is 5.10 Å². The number of nitrogens with one attached hydrogen (secondary N) is 1. The average Bonchev–Trinajstić information content (AvgIpc) is 2.62. The summed E-state index contributed by atoms with van der Waals surface area (Å²) in [7, 11) is 0. The third-order valence-electron chi connectivity index (χ3n) is 3.16. The van der Waals surface area contributed by atoms with Crippen LogP contribution in [-0.2, 0) is 0 Å². The number of allylic oxidation sites excluding steroid dienone is 1. The standard InChI is InChI=1S/C18H17N3O4/c1-2-25-16-11-9-15(10-12-16)18(22)20-19-13-5-7-14-6-3-4-8-17(14)21(23)24/h3-13H,2H2,1H3,(H,20,22)/b7-5+,19-13-. The van der Waals surface area contributed by atoms with Crippen molar-refractivity contribution in [3.05, 3.63) is 75.8 Å². The van der Waals surface area contributed by atoms with Gasteiger partial charge >= 0.3 is 0 Å². The Morgan fingerprint density at radius 2 is 1.96 bits per heavy atom. The third-order valence-corrected chi connectivity index (χ3v) is 3.16. The van der Waals surface area contributed by atoms with Crippen molar-refractivity contribution in [3.8, 4) is 5.75 Å². The van der Waals surface area contributed by atoms with E-state index in [0.29, 0.717) is 23.5 Å². The van der Waals surface area contributed by atoms with Crippen molar-refractivity contribution < 1.29 is 14.5 Å². The Balaban J connectivity index is 1.92. The number of carbonyl (C=O) groups excluding carboxylic acids is 1. The molecule has 0 radical (unpaired) electrons. The minimum atomic E-state index is -0.454. The lowest BCUT2D eigenvalue weighted by atomic mass is 10.2. The molecule has 25 heavy (non-hydrogen) atoms. The number of carbonyl (C=O) groups is 1. The number of para-hydroxylation sites is 1. The fraction of sp³-hybridized carbons (Fsp3) is 0.111. The molecule has 0 aliphatic carbocycles. The molecule has 128 valence electrons. The number of benzene rings is 2. The van der Waals surface area contributed by atoms with E-state index < -0.39 is 4.92 Å². The number of ether oxygens (including phenoxy) is 1. The largest absolute Gasteiger partial charge is 0.494 e. The van der Waals surface area contributed by atoms with Crippen LogP contribution in [0.3, 0.4) is 0 Å².